The van der Waals surface area contributed by atoms with Crippen molar-refractivity contribution in [3.8, 4) is 5.75 Å². The summed E-state index contributed by atoms with van der Waals surface area (Å²) in [5, 5.41) is 16.9. The van der Waals surface area contributed by atoms with E-state index in [2.05, 4.69) is 29.3 Å². The lowest BCUT2D eigenvalue weighted by molar-refractivity contribution is -0.136. The van der Waals surface area contributed by atoms with Crippen LogP contribution in [0.25, 0.3) is 0 Å². The lowest BCUT2D eigenvalue weighted by atomic mass is 9.88. The van der Waals surface area contributed by atoms with Crippen LogP contribution in [0.1, 0.15) is 52.2 Å². The molecule has 2 amide bonds. The van der Waals surface area contributed by atoms with Crippen LogP contribution in [0.5, 0.6) is 5.75 Å². The number of anilines is 1. The molecule has 8 nitrogen and oxygen atoms in total. The third-order valence-corrected chi connectivity index (χ3v) is 6.48. The minimum absolute atomic E-state index is 0.0253. The van der Waals surface area contributed by atoms with Gasteiger partial charge in [-0.15, -0.1) is 17.9 Å². The molecule has 1 atom stereocenters. The molecule has 0 spiro atoms. The lowest BCUT2D eigenvalue weighted by Gasteiger charge is -2.18. The number of hydrogen-bond donors (Lipinski definition) is 3. The van der Waals surface area contributed by atoms with Crippen molar-refractivity contribution in [1.82, 2.24) is 5.43 Å². The molecule has 0 aliphatic heterocycles. The minimum Gasteiger partial charge on any atom is -0.507 e. The van der Waals surface area contributed by atoms with E-state index in [1.807, 2.05) is 0 Å². The maximum atomic E-state index is 12.5. The van der Waals surface area contributed by atoms with Gasteiger partial charge < -0.3 is 15.2 Å². The fourth-order valence-electron chi connectivity index (χ4n) is 3.66. The van der Waals surface area contributed by atoms with Gasteiger partial charge in [0.1, 0.15) is 10.8 Å². The first kappa shape index (κ1) is 24.2. The third-order valence-electron chi connectivity index (χ3n) is 5.31. The summed E-state index contributed by atoms with van der Waals surface area (Å²) >= 11 is 1.30. The van der Waals surface area contributed by atoms with Gasteiger partial charge in [0, 0.05) is 10.4 Å². The Kier molecular flexibility index (Phi) is 8.00. The number of para-hydroxylation sites is 1. The van der Waals surface area contributed by atoms with Crippen molar-refractivity contribution in [2.45, 2.75) is 39.5 Å². The van der Waals surface area contributed by atoms with Crippen molar-refractivity contribution in [1.29, 1.82) is 0 Å². The molecule has 1 heterocycles. The number of rotatable bonds is 7. The van der Waals surface area contributed by atoms with Gasteiger partial charge in [-0.25, -0.2) is 10.2 Å². The van der Waals surface area contributed by atoms with Crippen LogP contribution in [0.3, 0.4) is 0 Å². The van der Waals surface area contributed by atoms with Gasteiger partial charge in [-0.3, -0.25) is 9.59 Å². The number of fused-ring (bicyclic) bond motifs is 1. The summed E-state index contributed by atoms with van der Waals surface area (Å²) < 4.78 is 5.18. The van der Waals surface area contributed by atoms with E-state index in [0.29, 0.717) is 34.0 Å². The van der Waals surface area contributed by atoms with Gasteiger partial charge in [-0.05, 0) is 55.7 Å². The van der Waals surface area contributed by atoms with Crippen molar-refractivity contribution >= 4 is 40.3 Å². The van der Waals surface area contributed by atoms with E-state index in [4.69, 9.17) is 4.74 Å². The summed E-state index contributed by atoms with van der Waals surface area (Å²) in [6, 6.07) is 5.12. The molecule has 33 heavy (non-hydrogen) atoms. The predicted molar refractivity (Wildman–Crippen MR) is 128 cm³/mol. The number of aromatic hydroxyl groups is 1. The Balaban J connectivity index is 1.72. The Hall–Kier alpha value is -3.46. The van der Waals surface area contributed by atoms with Gasteiger partial charge >= 0.3 is 17.8 Å². The highest BCUT2D eigenvalue weighted by molar-refractivity contribution is 7.17. The van der Waals surface area contributed by atoms with E-state index in [-0.39, 0.29) is 12.4 Å². The standard InChI is InChI=1S/C24H27N3O5S/c1-4-7-15-8-6-9-16(20(15)28)13-25-27-22(30)21(29)26-23-19(24(31)32-5-2)17-11-10-14(3)12-18(17)33-23/h4,6,8-9,13-14,28H,1,5,7,10-12H2,2-3H3,(H,26,29)(H,27,30)/b25-13+. The summed E-state index contributed by atoms with van der Waals surface area (Å²) in [5.41, 5.74) is 4.42. The van der Waals surface area contributed by atoms with Crippen LogP contribution < -0.4 is 10.7 Å². The second-order valence-electron chi connectivity index (χ2n) is 7.78. The molecule has 0 saturated carbocycles. The van der Waals surface area contributed by atoms with Gasteiger partial charge in [0.25, 0.3) is 0 Å². The van der Waals surface area contributed by atoms with E-state index in [9.17, 15) is 19.5 Å². The van der Waals surface area contributed by atoms with Crippen molar-refractivity contribution < 1.29 is 24.2 Å². The van der Waals surface area contributed by atoms with Crippen molar-refractivity contribution in [2.75, 3.05) is 11.9 Å². The van der Waals surface area contributed by atoms with Crippen LogP contribution in [0.4, 0.5) is 5.00 Å². The van der Waals surface area contributed by atoms with Crippen molar-refractivity contribution in [3.05, 3.63) is 58.0 Å². The number of benzene rings is 1. The van der Waals surface area contributed by atoms with Crippen LogP contribution in [0, 0.1) is 5.92 Å². The van der Waals surface area contributed by atoms with Crippen molar-refractivity contribution in [2.24, 2.45) is 11.0 Å². The number of ether oxygens (including phenoxy) is 1. The first-order chi connectivity index (χ1) is 15.8. The molecule has 174 valence electrons. The molecule has 0 saturated heterocycles. The van der Waals surface area contributed by atoms with E-state index in [1.165, 1.54) is 17.6 Å². The molecule has 3 rings (SSSR count). The lowest BCUT2D eigenvalue weighted by Crippen LogP contribution is -2.32. The largest absolute Gasteiger partial charge is 0.507 e. The molecule has 1 aromatic heterocycles. The van der Waals surface area contributed by atoms with Crippen molar-refractivity contribution in [3.63, 3.8) is 0 Å². The number of thiophene rings is 1. The maximum Gasteiger partial charge on any atom is 0.341 e. The van der Waals surface area contributed by atoms with Crippen LogP contribution in [0.15, 0.2) is 36.0 Å². The average Bonchev–Trinajstić information content (AvgIpc) is 3.13. The second-order valence-corrected chi connectivity index (χ2v) is 8.88. The monoisotopic (exact) mass is 469 g/mol. The van der Waals surface area contributed by atoms with E-state index in [0.717, 1.165) is 29.7 Å². The molecule has 0 bridgehead atoms. The topological polar surface area (TPSA) is 117 Å². The highest BCUT2D eigenvalue weighted by Crippen LogP contribution is 2.40. The first-order valence-corrected chi connectivity index (χ1v) is 11.5. The van der Waals surface area contributed by atoms with Crippen LogP contribution >= 0.6 is 11.3 Å². The van der Waals surface area contributed by atoms with Gasteiger partial charge in [-0.1, -0.05) is 25.1 Å². The van der Waals surface area contributed by atoms with Gasteiger partial charge in [0.15, 0.2) is 0 Å². The summed E-state index contributed by atoms with van der Waals surface area (Å²) in [7, 11) is 0. The van der Waals surface area contributed by atoms with E-state index < -0.39 is 17.8 Å². The number of allylic oxidation sites excluding steroid dienone is 1. The number of phenolic OH excluding ortho intramolecular Hbond substituents is 1. The smallest absolute Gasteiger partial charge is 0.341 e. The molecule has 1 aliphatic rings. The van der Waals surface area contributed by atoms with E-state index in [1.54, 1.807) is 31.2 Å². The predicted octanol–water partition coefficient (Wildman–Crippen LogP) is 3.57. The number of esters is 1. The van der Waals surface area contributed by atoms with E-state index >= 15 is 0 Å². The Morgan fingerprint density at radius 2 is 2.12 bits per heavy atom. The number of carbonyl (C=O) groups is 3. The molecular weight excluding hydrogens is 442 g/mol. The number of nitrogens with zero attached hydrogens (tertiary/aromatic N) is 1. The summed E-state index contributed by atoms with van der Waals surface area (Å²) in [4.78, 5) is 38.3. The Labute approximate surface area is 196 Å². The summed E-state index contributed by atoms with van der Waals surface area (Å²) in [6.45, 7) is 7.71. The SMILES string of the molecule is C=CCc1cccc(/C=N/NC(=O)C(=O)Nc2sc3c(c2C(=O)OCC)CCC(C)C3)c1O. The zero-order chi connectivity index (χ0) is 24.0. The van der Waals surface area contributed by atoms with Gasteiger partial charge in [0.05, 0.1) is 18.4 Å². The molecule has 0 fully saturated rings. The summed E-state index contributed by atoms with van der Waals surface area (Å²) in [5.74, 6) is -1.95. The highest BCUT2D eigenvalue weighted by Gasteiger charge is 2.30. The molecule has 2 aromatic rings. The Bertz CT molecular complexity index is 1110. The molecule has 1 aromatic carbocycles. The number of nitrogens with one attached hydrogen (secondary N) is 2. The number of hydrogen-bond acceptors (Lipinski definition) is 7. The number of amides is 2. The first-order valence-electron chi connectivity index (χ1n) is 10.7. The van der Waals surface area contributed by atoms with Gasteiger partial charge in [-0.2, -0.15) is 5.10 Å². The fourth-order valence-corrected chi connectivity index (χ4v) is 5.06. The zero-order valence-electron chi connectivity index (χ0n) is 18.6. The molecular formula is C24H27N3O5S. The Morgan fingerprint density at radius 3 is 2.85 bits per heavy atom. The Morgan fingerprint density at radius 1 is 1.33 bits per heavy atom. The molecule has 9 heteroatoms. The maximum absolute atomic E-state index is 12.5. The number of hydrazone groups is 1. The fraction of sp³-hybridized carbons (Fsp3) is 0.333. The van der Waals surface area contributed by atoms with Crippen LogP contribution in [-0.2, 0) is 33.6 Å². The third kappa shape index (κ3) is 5.67. The van der Waals surface area contributed by atoms with Crippen LogP contribution in [0.2, 0.25) is 0 Å². The molecule has 1 aliphatic carbocycles. The molecule has 3 N–H and O–H groups in total. The summed E-state index contributed by atoms with van der Waals surface area (Å²) in [6.07, 6.45) is 5.88. The quantitative estimate of drug-likeness (QED) is 0.188. The van der Waals surface area contributed by atoms with Gasteiger partial charge in [0.2, 0.25) is 0 Å². The number of phenols is 1. The second kappa shape index (κ2) is 10.9. The number of carbonyl (C=O) groups excluding carboxylic acids is 3. The molecule has 0 radical (unpaired) electrons. The minimum atomic E-state index is -0.998. The van der Waals surface area contributed by atoms with Crippen LogP contribution in [-0.4, -0.2) is 35.7 Å². The highest BCUT2D eigenvalue weighted by atomic mass is 32.1. The normalized spacial score (nSPS) is 15.0. The molecule has 1 unspecified atom stereocenters. The zero-order valence-corrected chi connectivity index (χ0v) is 19.5. The average molecular weight is 470 g/mol.